The normalized spacial score (nSPS) is 12.1. The van der Waals surface area contributed by atoms with E-state index in [1.165, 1.54) is 12.3 Å². The molecule has 0 aliphatic heterocycles. The van der Waals surface area contributed by atoms with Gasteiger partial charge in [-0.2, -0.15) is 0 Å². The van der Waals surface area contributed by atoms with E-state index >= 15 is 0 Å². The van der Waals surface area contributed by atoms with E-state index in [4.69, 9.17) is 11.5 Å². The second-order valence-electron chi connectivity index (χ2n) is 8.78. The standard InChI is InChI=1S/C28H37N7O3/c1-5-31-24(27(38)34-21-12-7-6-11-18(21)2)17-19(3)26(37)35-23-14-10-13-22(20(23)4)33-25(36)15-8-9-16-32-28(29)30/h5-7,10-14,17,19H,8-9,15-16H2,1-4H3,(H,33,36)(H,34,38)(H,35,37)(H4,29,30,32)/b24-17-,31-5?. The van der Waals surface area contributed by atoms with Crippen molar-refractivity contribution < 1.29 is 14.4 Å². The van der Waals surface area contributed by atoms with Gasteiger partial charge in [-0.1, -0.05) is 24.3 Å². The van der Waals surface area contributed by atoms with Gasteiger partial charge in [-0.3, -0.25) is 24.4 Å². The summed E-state index contributed by atoms with van der Waals surface area (Å²) in [6.45, 7) is 7.57. The summed E-state index contributed by atoms with van der Waals surface area (Å²) >= 11 is 0. The predicted molar refractivity (Wildman–Crippen MR) is 154 cm³/mol. The first-order valence-electron chi connectivity index (χ1n) is 12.5. The van der Waals surface area contributed by atoms with Crippen LogP contribution < -0.4 is 27.4 Å². The lowest BCUT2D eigenvalue weighted by molar-refractivity contribution is -0.118. The molecule has 0 aliphatic rings. The number of hydrogen-bond donors (Lipinski definition) is 5. The maximum absolute atomic E-state index is 13.0. The van der Waals surface area contributed by atoms with Gasteiger partial charge >= 0.3 is 0 Å². The van der Waals surface area contributed by atoms with Crippen molar-refractivity contribution in [1.29, 1.82) is 0 Å². The number of benzene rings is 2. The lowest BCUT2D eigenvalue weighted by Gasteiger charge is -2.15. The SMILES string of the molecule is CC=N/C(=C\C(C)C(=O)Nc1cccc(NC(=O)CCCCN=C(N)N)c1C)C(=O)Nc1ccccc1C. The molecule has 0 heterocycles. The first kappa shape index (κ1) is 29.8. The Morgan fingerprint density at radius 2 is 1.58 bits per heavy atom. The number of guanidine groups is 1. The van der Waals surface area contributed by atoms with Gasteiger partial charge < -0.3 is 27.4 Å². The largest absolute Gasteiger partial charge is 0.370 e. The molecule has 0 fully saturated rings. The van der Waals surface area contributed by atoms with Crippen molar-refractivity contribution >= 4 is 47.0 Å². The Morgan fingerprint density at radius 3 is 2.24 bits per heavy atom. The average molecular weight is 520 g/mol. The highest BCUT2D eigenvalue weighted by Gasteiger charge is 2.17. The summed E-state index contributed by atoms with van der Waals surface area (Å²) < 4.78 is 0. The summed E-state index contributed by atoms with van der Waals surface area (Å²) in [4.78, 5) is 46.2. The second-order valence-corrected chi connectivity index (χ2v) is 8.78. The minimum absolute atomic E-state index is 0.0357. The number of para-hydroxylation sites is 1. The van der Waals surface area contributed by atoms with Gasteiger partial charge in [-0.05, 0) is 75.9 Å². The van der Waals surface area contributed by atoms with E-state index in [2.05, 4.69) is 25.9 Å². The molecule has 0 bridgehead atoms. The van der Waals surface area contributed by atoms with Crippen molar-refractivity contribution in [2.75, 3.05) is 22.5 Å². The number of unbranched alkanes of at least 4 members (excludes halogenated alkanes) is 1. The fraction of sp³-hybridized carbons (Fsp3) is 0.321. The van der Waals surface area contributed by atoms with E-state index in [9.17, 15) is 14.4 Å². The molecule has 0 aromatic heterocycles. The van der Waals surface area contributed by atoms with Crippen molar-refractivity contribution in [3.05, 3.63) is 65.4 Å². The van der Waals surface area contributed by atoms with Crippen LogP contribution in [0.5, 0.6) is 0 Å². The highest BCUT2D eigenvalue weighted by Crippen LogP contribution is 2.24. The van der Waals surface area contributed by atoms with Crippen molar-refractivity contribution in [3.8, 4) is 0 Å². The van der Waals surface area contributed by atoms with E-state index in [-0.39, 0.29) is 23.5 Å². The van der Waals surface area contributed by atoms with Crippen LogP contribution in [0.1, 0.15) is 44.2 Å². The topological polar surface area (TPSA) is 164 Å². The third kappa shape index (κ3) is 9.53. The Hall–Kier alpha value is -4.47. The number of nitrogens with two attached hydrogens (primary N) is 2. The maximum atomic E-state index is 13.0. The Morgan fingerprint density at radius 1 is 0.921 bits per heavy atom. The smallest absolute Gasteiger partial charge is 0.273 e. The monoisotopic (exact) mass is 519 g/mol. The third-order valence-electron chi connectivity index (χ3n) is 5.69. The second kappa shape index (κ2) is 14.9. The molecule has 0 radical (unpaired) electrons. The van der Waals surface area contributed by atoms with Gasteiger partial charge in [0.05, 0.1) is 5.92 Å². The number of amides is 3. The number of hydrogen-bond acceptors (Lipinski definition) is 5. The molecule has 1 atom stereocenters. The molecule has 2 aromatic rings. The molecule has 7 N–H and O–H groups in total. The average Bonchev–Trinajstić information content (AvgIpc) is 2.87. The van der Waals surface area contributed by atoms with E-state index < -0.39 is 11.8 Å². The van der Waals surface area contributed by atoms with E-state index in [1.54, 1.807) is 38.1 Å². The quantitative estimate of drug-likeness (QED) is 0.124. The minimum Gasteiger partial charge on any atom is -0.370 e. The van der Waals surface area contributed by atoms with Crippen LogP contribution in [0, 0.1) is 19.8 Å². The Balaban J connectivity index is 2.04. The number of aryl methyl sites for hydroxylation is 1. The van der Waals surface area contributed by atoms with Gasteiger partial charge in [0.25, 0.3) is 5.91 Å². The first-order chi connectivity index (χ1) is 18.1. The van der Waals surface area contributed by atoms with Crippen LogP contribution in [-0.2, 0) is 14.4 Å². The van der Waals surface area contributed by atoms with Gasteiger partial charge in [0.2, 0.25) is 11.8 Å². The minimum atomic E-state index is -0.654. The summed E-state index contributed by atoms with van der Waals surface area (Å²) in [6.07, 6.45) is 4.68. The van der Waals surface area contributed by atoms with Crippen LogP contribution in [0.2, 0.25) is 0 Å². The molecule has 0 spiro atoms. The third-order valence-corrected chi connectivity index (χ3v) is 5.69. The summed E-state index contributed by atoms with van der Waals surface area (Å²) in [5.41, 5.74) is 14.2. The van der Waals surface area contributed by atoms with E-state index in [1.807, 2.05) is 32.0 Å². The molecule has 0 saturated heterocycles. The molecule has 3 amide bonds. The van der Waals surface area contributed by atoms with Crippen molar-refractivity contribution in [1.82, 2.24) is 0 Å². The van der Waals surface area contributed by atoms with Crippen LogP contribution in [0.4, 0.5) is 17.1 Å². The van der Waals surface area contributed by atoms with Gasteiger partial charge in [-0.25, -0.2) is 0 Å². The molecule has 1 unspecified atom stereocenters. The number of rotatable bonds is 12. The molecule has 38 heavy (non-hydrogen) atoms. The predicted octanol–water partition coefficient (Wildman–Crippen LogP) is 3.87. The Labute approximate surface area is 223 Å². The van der Waals surface area contributed by atoms with Gasteiger partial charge in [0.1, 0.15) is 5.70 Å². The van der Waals surface area contributed by atoms with Gasteiger partial charge in [0.15, 0.2) is 5.96 Å². The molecule has 2 aromatic carbocycles. The molecule has 2 rings (SSSR count). The zero-order valence-electron chi connectivity index (χ0n) is 22.4. The molecule has 0 aliphatic carbocycles. The Kier molecular flexibility index (Phi) is 11.7. The summed E-state index contributed by atoms with van der Waals surface area (Å²) in [5.74, 6) is -1.48. The molecule has 10 heteroatoms. The number of carbonyl (C=O) groups excluding carboxylic acids is 3. The summed E-state index contributed by atoms with van der Waals surface area (Å²) in [5, 5.41) is 8.61. The first-order valence-corrected chi connectivity index (χ1v) is 12.5. The van der Waals surface area contributed by atoms with Crippen LogP contribution in [0.25, 0.3) is 0 Å². The number of nitrogens with zero attached hydrogens (tertiary/aromatic N) is 2. The lowest BCUT2D eigenvalue weighted by atomic mass is 10.1. The molecular weight excluding hydrogens is 482 g/mol. The maximum Gasteiger partial charge on any atom is 0.273 e. The van der Waals surface area contributed by atoms with Crippen molar-refractivity contribution in [2.24, 2.45) is 27.4 Å². The van der Waals surface area contributed by atoms with Crippen LogP contribution >= 0.6 is 0 Å². The van der Waals surface area contributed by atoms with Crippen LogP contribution in [0.3, 0.4) is 0 Å². The highest BCUT2D eigenvalue weighted by atomic mass is 16.2. The number of aliphatic imine (C=N–C) groups is 2. The fourth-order valence-electron chi connectivity index (χ4n) is 3.50. The zero-order chi connectivity index (χ0) is 28.1. The molecule has 202 valence electrons. The highest BCUT2D eigenvalue weighted by molar-refractivity contribution is 6.05. The van der Waals surface area contributed by atoms with E-state index in [0.717, 1.165) is 11.1 Å². The molecule has 0 saturated carbocycles. The zero-order valence-corrected chi connectivity index (χ0v) is 22.4. The van der Waals surface area contributed by atoms with Crippen molar-refractivity contribution in [2.45, 2.75) is 47.0 Å². The number of carbonyl (C=O) groups is 3. The molecule has 10 nitrogen and oxygen atoms in total. The lowest BCUT2D eigenvalue weighted by Crippen LogP contribution is -2.23. The molecular formula is C28H37N7O3. The van der Waals surface area contributed by atoms with Crippen LogP contribution in [-0.4, -0.2) is 36.4 Å². The number of nitrogens with one attached hydrogen (secondary N) is 3. The fourth-order valence-corrected chi connectivity index (χ4v) is 3.50. The van der Waals surface area contributed by atoms with Gasteiger partial charge in [-0.15, -0.1) is 0 Å². The Bertz CT molecular complexity index is 1230. The van der Waals surface area contributed by atoms with Gasteiger partial charge in [0, 0.05) is 36.2 Å². The van der Waals surface area contributed by atoms with Crippen molar-refractivity contribution in [3.63, 3.8) is 0 Å². The number of anilines is 3. The van der Waals surface area contributed by atoms with Crippen LogP contribution in [0.15, 0.2) is 64.2 Å². The van der Waals surface area contributed by atoms with E-state index in [0.29, 0.717) is 42.9 Å². The summed E-state index contributed by atoms with van der Waals surface area (Å²) in [7, 11) is 0. The summed E-state index contributed by atoms with van der Waals surface area (Å²) in [6, 6.07) is 12.7.